The van der Waals surface area contributed by atoms with Crippen LogP contribution in [0, 0.1) is 0 Å². The number of nitrogens with two attached hydrogens (primary N) is 1. The fourth-order valence-corrected chi connectivity index (χ4v) is 0.838. The summed E-state index contributed by atoms with van der Waals surface area (Å²) in [6, 6.07) is 4.43. The number of carbonyl (C=O) groups excluding carboxylic acids is 1. The predicted molar refractivity (Wildman–Crippen MR) is 54.2 cm³/mol. The van der Waals surface area contributed by atoms with Gasteiger partial charge in [0.1, 0.15) is 11.5 Å². The van der Waals surface area contributed by atoms with Crippen LogP contribution < -0.4 is 11.1 Å². The molecule has 0 fully saturated rings. The molecule has 1 aromatic heterocycles. The molecule has 1 aromatic rings. The minimum Gasteiger partial charge on any atom is -0.384 e. The van der Waals surface area contributed by atoms with Crippen molar-refractivity contribution >= 4 is 24.1 Å². The maximum atomic E-state index is 11.7. The Morgan fingerprint density at radius 3 is 2.73 bits per heavy atom. The van der Waals surface area contributed by atoms with E-state index in [-0.39, 0.29) is 23.9 Å². The van der Waals surface area contributed by atoms with E-state index in [1.807, 2.05) is 5.32 Å². The molecule has 0 bridgehead atoms. The molecule has 7 heteroatoms. The first-order valence-corrected chi connectivity index (χ1v) is 3.88. The van der Waals surface area contributed by atoms with Gasteiger partial charge in [-0.15, -0.1) is 12.4 Å². The summed E-state index contributed by atoms with van der Waals surface area (Å²) in [7, 11) is 0. The van der Waals surface area contributed by atoms with Gasteiger partial charge < -0.3 is 11.1 Å². The Morgan fingerprint density at radius 1 is 1.53 bits per heavy atom. The highest BCUT2D eigenvalue weighted by molar-refractivity contribution is 5.92. The van der Waals surface area contributed by atoms with Crippen LogP contribution >= 0.6 is 12.4 Å². The summed E-state index contributed by atoms with van der Waals surface area (Å²) in [6.07, 6.45) is -2.57. The predicted octanol–water partition coefficient (Wildman–Crippen LogP) is 1.08. The SMILES string of the molecule is Cl.Nc1cccc(C(=O)NCC(F)F)n1. The molecule has 0 radical (unpaired) electrons. The zero-order valence-corrected chi connectivity index (χ0v) is 8.43. The van der Waals surface area contributed by atoms with Gasteiger partial charge in [0, 0.05) is 0 Å². The van der Waals surface area contributed by atoms with Gasteiger partial charge in [0.15, 0.2) is 0 Å². The largest absolute Gasteiger partial charge is 0.384 e. The number of alkyl halides is 2. The topological polar surface area (TPSA) is 68.0 Å². The molecule has 0 spiro atoms. The van der Waals surface area contributed by atoms with Crippen molar-refractivity contribution in [3.8, 4) is 0 Å². The van der Waals surface area contributed by atoms with Crippen molar-refractivity contribution in [3.63, 3.8) is 0 Å². The average Bonchev–Trinajstić information content (AvgIpc) is 2.14. The van der Waals surface area contributed by atoms with Crippen molar-refractivity contribution in [3.05, 3.63) is 23.9 Å². The lowest BCUT2D eigenvalue weighted by Crippen LogP contribution is -2.29. The van der Waals surface area contributed by atoms with Gasteiger partial charge in [-0.05, 0) is 12.1 Å². The number of anilines is 1. The molecule has 1 rings (SSSR count). The van der Waals surface area contributed by atoms with E-state index in [0.717, 1.165) is 0 Å². The summed E-state index contributed by atoms with van der Waals surface area (Å²) in [6.45, 7) is -0.685. The first-order chi connectivity index (χ1) is 6.59. The molecule has 0 unspecified atom stereocenters. The molecule has 0 saturated carbocycles. The van der Waals surface area contributed by atoms with Gasteiger partial charge in [-0.2, -0.15) is 0 Å². The van der Waals surface area contributed by atoms with Gasteiger partial charge in [0.25, 0.3) is 12.3 Å². The zero-order chi connectivity index (χ0) is 10.6. The minimum atomic E-state index is -2.57. The van der Waals surface area contributed by atoms with Gasteiger partial charge >= 0.3 is 0 Å². The van der Waals surface area contributed by atoms with Crippen LogP contribution in [0.3, 0.4) is 0 Å². The van der Waals surface area contributed by atoms with E-state index in [2.05, 4.69) is 4.98 Å². The maximum absolute atomic E-state index is 11.7. The van der Waals surface area contributed by atoms with Crippen molar-refractivity contribution in [1.29, 1.82) is 0 Å². The molecule has 4 nitrogen and oxygen atoms in total. The first kappa shape index (κ1) is 13.6. The Kier molecular flexibility index (Phi) is 5.54. The van der Waals surface area contributed by atoms with Crippen molar-refractivity contribution < 1.29 is 13.6 Å². The van der Waals surface area contributed by atoms with Crippen LogP contribution in [-0.4, -0.2) is 23.9 Å². The average molecular weight is 238 g/mol. The van der Waals surface area contributed by atoms with E-state index < -0.39 is 18.9 Å². The smallest absolute Gasteiger partial charge is 0.270 e. The second-order valence-electron chi connectivity index (χ2n) is 2.55. The number of pyridine rings is 1. The van der Waals surface area contributed by atoms with E-state index >= 15 is 0 Å². The second kappa shape index (κ2) is 6.13. The first-order valence-electron chi connectivity index (χ1n) is 3.88. The number of halogens is 3. The molecule has 0 aliphatic rings. The maximum Gasteiger partial charge on any atom is 0.270 e. The van der Waals surface area contributed by atoms with E-state index in [9.17, 15) is 13.6 Å². The Bertz CT molecular complexity index is 335. The Labute approximate surface area is 91.3 Å². The molecule has 0 atom stereocenters. The highest BCUT2D eigenvalue weighted by Crippen LogP contribution is 2.00. The number of hydrogen-bond donors (Lipinski definition) is 2. The number of amides is 1. The summed E-state index contributed by atoms with van der Waals surface area (Å²) in [5, 5.41) is 2.02. The van der Waals surface area contributed by atoms with E-state index in [0.29, 0.717) is 0 Å². The third-order valence-corrected chi connectivity index (χ3v) is 1.42. The van der Waals surface area contributed by atoms with E-state index in [4.69, 9.17) is 5.73 Å². The van der Waals surface area contributed by atoms with E-state index in [1.165, 1.54) is 18.2 Å². The summed E-state index contributed by atoms with van der Waals surface area (Å²) >= 11 is 0. The lowest BCUT2D eigenvalue weighted by molar-refractivity contribution is 0.0887. The number of hydrogen-bond acceptors (Lipinski definition) is 3. The summed E-state index contributed by atoms with van der Waals surface area (Å²) in [4.78, 5) is 14.8. The number of carbonyl (C=O) groups is 1. The van der Waals surface area contributed by atoms with Crippen molar-refractivity contribution in [1.82, 2.24) is 10.3 Å². The van der Waals surface area contributed by atoms with Gasteiger partial charge in [-0.25, -0.2) is 13.8 Å². The van der Waals surface area contributed by atoms with Gasteiger partial charge in [-0.3, -0.25) is 4.79 Å². The third-order valence-electron chi connectivity index (χ3n) is 1.42. The Morgan fingerprint density at radius 2 is 2.20 bits per heavy atom. The molecule has 84 valence electrons. The minimum absolute atomic E-state index is 0. The highest BCUT2D eigenvalue weighted by atomic mass is 35.5. The number of nitrogen functional groups attached to an aromatic ring is 1. The lowest BCUT2D eigenvalue weighted by Gasteiger charge is -2.03. The molecular weight excluding hydrogens is 228 g/mol. The molecule has 0 aliphatic carbocycles. The van der Waals surface area contributed by atoms with Crippen LogP contribution in [0.25, 0.3) is 0 Å². The van der Waals surface area contributed by atoms with Gasteiger partial charge in [-0.1, -0.05) is 6.07 Å². The standard InChI is InChI=1S/C8H9F2N3O.ClH/c9-6(10)4-12-8(14)5-2-1-3-7(11)13-5;/h1-3,6H,4H2,(H2,11,13)(H,12,14);1H. The van der Waals surface area contributed by atoms with Crippen molar-refractivity contribution in [2.45, 2.75) is 6.43 Å². The summed E-state index contributed by atoms with van der Waals surface area (Å²) < 4.78 is 23.5. The van der Waals surface area contributed by atoms with Crippen LogP contribution in [0.2, 0.25) is 0 Å². The Balaban J connectivity index is 0.00000196. The molecule has 0 aromatic carbocycles. The van der Waals surface area contributed by atoms with Crippen molar-refractivity contribution in [2.75, 3.05) is 12.3 Å². The normalized spacial score (nSPS) is 9.53. The molecule has 1 heterocycles. The number of rotatable bonds is 3. The molecule has 3 N–H and O–H groups in total. The zero-order valence-electron chi connectivity index (χ0n) is 7.61. The third kappa shape index (κ3) is 4.55. The fourth-order valence-electron chi connectivity index (χ4n) is 0.838. The van der Waals surface area contributed by atoms with Crippen LogP contribution in [0.4, 0.5) is 14.6 Å². The molecular formula is C8H10ClF2N3O. The summed E-state index contributed by atoms with van der Waals surface area (Å²) in [5.74, 6) is -0.479. The molecule has 0 saturated heterocycles. The van der Waals surface area contributed by atoms with Crippen molar-refractivity contribution in [2.24, 2.45) is 0 Å². The van der Waals surface area contributed by atoms with Crippen LogP contribution in [0.1, 0.15) is 10.5 Å². The molecule has 15 heavy (non-hydrogen) atoms. The number of nitrogens with zero attached hydrogens (tertiary/aromatic N) is 1. The highest BCUT2D eigenvalue weighted by Gasteiger charge is 2.09. The summed E-state index contributed by atoms with van der Waals surface area (Å²) in [5.41, 5.74) is 5.35. The van der Waals surface area contributed by atoms with Crippen LogP contribution in [0.5, 0.6) is 0 Å². The quantitative estimate of drug-likeness (QED) is 0.827. The van der Waals surface area contributed by atoms with Gasteiger partial charge in [0.2, 0.25) is 0 Å². The molecule has 1 amide bonds. The van der Waals surface area contributed by atoms with Crippen LogP contribution in [-0.2, 0) is 0 Å². The van der Waals surface area contributed by atoms with Crippen LogP contribution in [0.15, 0.2) is 18.2 Å². The Hall–Kier alpha value is -1.43. The monoisotopic (exact) mass is 237 g/mol. The number of nitrogens with one attached hydrogen (secondary N) is 1. The van der Waals surface area contributed by atoms with E-state index in [1.54, 1.807) is 0 Å². The fraction of sp³-hybridized carbons (Fsp3) is 0.250. The number of aromatic nitrogens is 1. The van der Waals surface area contributed by atoms with Gasteiger partial charge in [0.05, 0.1) is 6.54 Å². The second-order valence-corrected chi connectivity index (χ2v) is 2.55. The molecule has 0 aliphatic heterocycles. The lowest BCUT2D eigenvalue weighted by atomic mass is 10.3.